The van der Waals surface area contributed by atoms with Crippen LogP contribution in [-0.2, 0) is 16.0 Å². The smallest absolute Gasteiger partial charge is 0.301 e. The lowest BCUT2D eigenvalue weighted by atomic mass is 9.94. The van der Waals surface area contributed by atoms with Crippen molar-refractivity contribution in [3.05, 3.63) is 98.9 Å². The molecule has 0 aliphatic carbocycles. The molecule has 0 unspecified atom stereocenters. The number of thiazole rings is 1. The van der Waals surface area contributed by atoms with Crippen LogP contribution in [0.1, 0.15) is 29.7 Å². The van der Waals surface area contributed by atoms with Crippen molar-refractivity contribution in [2.45, 2.75) is 25.5 Å². The van der Waals surface area contributed by atoms with Crippen molar-refractivity contribution in [1.29, 1.82) is 0 Å². The summed E-state index contributed by atoms with van der Waals surface area (Å²) in [6, 6.07) is 13.2. The molecule has 11 heteroatoms. The average Bonchev–Trinajstić information content (AvgIpc) is 3.55. The third kappa shape index (κ3) is 3.79. The number of hydrogen-bond donors (Lipinski definition) is 1. The molecule has 2 atom stereocenters. The number of aliphatic hydroxyl groups is 1. The summed E-state index contributed by atoms with van der Waals surface area (Å²) >= 11 is 0.997. The Kier molecular flexibility index (Phi) is 5.46. The Balaban J connectivity index is 1.56. The molecular formula is C27H18FN3O6S. The zero-order valence-corrected chi connectivity index (χ0v) is 20.6. The second-order valence-electron chi connectivity index (χ2n) is 9.08. The number of hydrogen-bond acceptors (Lipinski definition) is 8. The monoisotopic (exact) mass is 531 g/mol. The molecule has 1 aromatic heterocycles. The number of nitro benzene ring substituents is 1. The highest BCUT2D eigenvalue weighted by atomic mass is 32.1. The summed E-state index contributed by atoms with van der Waals surface area (Å²) in [5.74, 6) is -2.15. The number of amides is 1. The number of carbonyl (C=O) groups is 2. The van der Waals surface area contributed by atoms with Gasteiger partial charge in [-0.1, -0.05) is 23.5 Å². The Morgan fingerprint density at radius 3 is 2.79 bits per heavy atom. The minimum atomic E-state index is -1.20. The molecule has 38 heavy (non-hydrogen) atoms. The van der Waals surface area contributed by atoms with Crippen molar-refractivity contribution >= 4 is 49.8 Å². The molecule has 2 aliphatic heterocycles. The summed E-state index contributed by atoms with van der Waals surface area (Å²) in [4.78, 5) is 43.3. The van der Waals surface area contributed by atoms with Gasteiger partial charge in [0.25, 0.3) is 11.5 Å². The molecule has 6 rings (SSSR count). The number of fused-ring (bicyclic) bond motifs is 2. The number of benzene rings is 3. The Morgan fingerprint density at radius 1 is 1.18 bits per heavy atom. The van der Waals surface area contributed by atoms with Gasteiger partial charge >= 0.3 is 5.91 Å². The lowest BCUT2D eigenvalue weighted by Gasteiger charge is -2.22. The van der Waals surface area contributed by atoms with Crippen LogP contribution in [0.2, 0.25) is 0 Å². The number of halogens is 1. The first-order chi connectivity index (χ1) is 18.2. The van der Waals surface area contributed by atoms with Crippen molar-refractivity contribution in [3.8, 4) is 5.75 Å². The van der Waals surface area contributed by atoms with Gasteiger partial charge in [-0.3, -0.25) is 24.6 Å². The number of non-ortho nitro benzene ring substituents is 1. The first-order valence-electron chi connectivity index (χ1n) is 11.6. The molecule has 1 N–H and O–H groups in total. The average molecular weight is 532 g/mol. The second kappa shape index (κ2) is 8.73. The van der Waals surface area contributed by atoms with Crippen molar-refractivity contribution < 1.29 is 28.7 Å². The molecular weight excluding hydrogens is 513 g/mol. The number of ketones is 1. The van der Waals surface area contributed by atoms with Crippen LogP contribution in [0.4, 0.5) is 15.2 Å². The molecule has 0 saturated carbocycles. The number of nitrogens with zero attached hydrogens (tertiary/aromatic N) is 3. The largest absolute Gasteiger partial charge is 0.507 e. The molecule has 2 aliphatic rings. The summed E-state index contributed by atoms with van der Waals surface area (Å²) in [5.41, 5.74) is 1.33. The van der Waals surface area contributed by atoms with E-state index in [9.17, 15) is 29.2 Å². The SMILES string of the molecule is C[C@@H]1Cc2cc(C(O)=C3C(=O)C(=O)N(c4nc5ccc(F)cc5s4)[C@H]3c3cccc([N+](=O)[O-])c3)ccc2O1. The molecule has 1 fully saturated rings. The normalized spacial score (nSPS) is 20.1. The van der Waals surface area contributed by atoms with Gasteiger partial charge in [0.2, 0.25) is 0 Å². The minimum absolute atomic E-state index is 0.0401. The maximum Gasteiger partial charge on any atom is 0.301 e. The Morgan fingerprint density at radius 2 is 2.00 bits per heavy atom. The van der Waals surface area contributed by atoms with Crippen molar-refractivity contribution in [2.75, 3.05) is 4.90 Å². The van der Waals surface area contributed by atoms with Gasteiger partial charge < -0.3 is 9.84 Å². The second-order valence-corrected chi connectivity index (χ2v) is 10.1. The molecule has 1 amide bonds. The van der Waals surface area contributed by atoms with Crippen LogP contribution in [0, 0.1) is 15.9 Å². The van der Waals surface area contributed by atoms with Gasteiger partial charge in [-0.2, -0.15) is 0 Å². The van der Waals surface area contributed by atoms with E-state index in [1.54, 1.807) is 18.2 Å². The fourth-order valence-electron chi connectivity index (χ4n) is 4.87. The van der Waals surface area contributed by atoms with Crippen LogP contribution < -0.4 is 9.64 Å². The third-order valence-corrected chi connectivity index (χ3v) is 7.57. The number of carbonyl (C=O) groups excluding carboxylic acids is 2. The molecule has 9 nitrogen and oxygen atoms in total. The van der Waals surface area contributed by atoms with E-state index < -0.39 is 34.2 Å². The van der Waals surface area contributed by atoms with Crippen LogP contribution in [-0.4, -0.2) is 32.8 Å². The van der Waals surface area contributed by atoms with Gasteiger partial charge in [0.15, 0.2) is 5.13 Å². The van der Waals surface area contributed by atoms with E-state index in [2.05, 4.69) is 4.98 Å². The number of Topliss-reactive ketones (excluding diaryl/α,β-unsaturated/α-hetero) is 1. The zero-order chi connectivity index (χ0) is 26.7. The van der Waals surface area contributed by atoms with Gasteiger partial charge in [-0.15, -0.1) is 0 Å². The van der Waals surface area contributed by atoms with Gasteiger partial charge in [0.1, 0.15) is 23.4 Å². The third-order valence-electron chi connectivity index (χ3n) is 6.56. The number of anilines is 1. The van der Waals surface area contributed by atoms with Crippen LogP contribution in [0.5, 0.6) is 5.75 Å². The van der Waals surface area contributed by atoms with Gasteiger partial charge in [-0.25, -0.2) is 9.37 Å². The highest BCUT2D eigenvalue weighted by Crippen LogP contribution is 2.45. The molecule has 4 aromatic rings. The molecule has 0 bridgehead atoms. The first-order valence-corrected chi connectivity index (χ1v) is 12.4. The number of ether oxygens (including phenoxy) is 1. The Hall–Kier alpha value is -4.64. The Labute approximate surface area is 218 Å². The number of aliphatic hydroxyl groups excluding tert-OH is 1. The molecule has 3 aromatic carbocycles. The molecule has 0 radical (unpaired) electrons. The zero-order valence-electron chi connectivity index (χ0n) is 19.8. The Bertz CT molecular complexity index is 1710. The predicted molar refractivity (Wildman–Crippen MR) is 138 cm³/mol. The van der Waals surface area contributed by atoms with E-state index >= 15 is 0 Å². The summed E-state index contributed by atoms with van der Waals surface area (Å²) in [6.45, 7) is 1.91. The summed E-state index contributed by atoms with van der Waals surface area (Å²) in [7, 11) is 0. The van der Waals surface area contributed by atoms with E-state index in [-0.39, 0.29) is 28.1 Å². The van der Waals surface area contributed by atoms with Crippen molar-refractivity contribution in [3.63, 3.8) is 0 Å². The maximum atomic E-state index is 13.8. The quantitative estimate of drug-likeness (QED) is 0.125. The highest BCUT2D eigenvalue weighted by molar-refractivity contribution is 7.22. The number of aromatic nitrogens is 1. The molecule has 0 spiro atoms. The topological polar surface area (TPSA) is 123 Å². The predicted octanol–water partition coefficient (Wildman–Crippen LogP) is 5.29. The van der Waals surface area contributed by atoms with Crippen LogP contribution in [0.25, 0.3) is 16.0 Å². The van der Waals surface area contributed by atoms with Crippen molar-refractivity contribution in [2.24, 2.45) is 0 Å². The van der Waals surface area contributed by atoms with Crippen LogP contribution in [0.3, 0.4) is 0 Å². The van der Waals surface area contributed by atoms with E-state index in [0.29, 0.717) is 28.0 Å². The van der Waals surface area contributed by atoms with Crippen LogP contribution >= 0.6 is 11.3 Å². The maximum absolute atomic E-state index is 13.8. The van der Waals surface area contributed by atoms with E-state index in [4.69, 9.17) is 4.74 Å². The minimum Gasteiger partial charge on any atom is -0.507 e. The van der Waals surface area contributed by atoms with Gasteiger partial charge in [-0.05, 0) is 54.4 Å². The summed E-state index contributed by atoms with van der Waals surface area (Å²) in [5, 5.41) is 23.0. The van der Waals surface area contributed by atoms with Crippen LogP contribution in [0.15, 0.2) is 66.2 Å². The number of rotatable bonds is 4. The van der Waals surface area contributed by atoms with E-state index in [1.807, 2.05) is 6.92 Å². The highest BCUT2D eigenvalue weighted by Gasteiger charge is 2.48. The first kappa shape index (κ1) is 23.7. The molecule has 3 heterocycles. The van der Waals surface area contributed by atoms with Gasteiger partial charge in [0.05, 0.1) is 26.8 Å². The standard InChI is InChI=1S/C27H18FN3O6S/c1-13-9-16-10-15(5-8-20(16)37-13)24(32)22-23(14-3-2-4-18(11-14)31(35)36)30(26(34)25(22)33)27-29-19-7-6-17(28)12-21(19)38-27/h2-8,10-13,23,32H,9H2,1H3/t13-,23+/m1/s1. The van der Waals surface area contributed by atoms with Gasteiger partial charge in [0, 0.05) is 24.1 Å². The lowest BCUT2D eigenvalue weighted by molar-refractivity contribution is -0.384. The fourth-order valence-corrected chi connectivity index (χ4v) is 5.88. The number of nitro groups is 1. The molecule has 190 valence electrons. The van der Waals surface area contributed by atoms with E-state index in [1.165, 1.54) is 42.5 Å². The fraction of sp³-hybridized carbons (Fsp3) is 0.148. The summed E-state index contributed by atoms with van der Waals surface area (Å²) in [6.07, 6.45) is 0.572. The molecule has 1 saturated heterocycles. The van der Waals surface area contributed by atoms with E-state index in [0.717, 1.165) is 21.8 Å². The van der Waals surface area contributed by atoms with Crippen molar-refractivity contribution in [1.82, 2.24) is 4.98 Å². The lowest BCUT2D eigenvalue weighted by Crippen LogP contribution is -2.29. The summed E-state index contributed by atoms with van der Waals surface area (Å²) < 4.78 is 20.0.